The predicted molar refractivity (Wildman–Crippen MR) is 57.2 cm³/mol. The van der Waals surface area contributed by atoms with E-state index in [9.17, 15) is 0 Å². The Morgan fingerprint density at radius 1 is 1.21 bits per heavy atom. The third kappa shape index (κ3) is 2.94. The van der Waals surface area contributed by atoms with Gasteiger partial charge in [-0.05, 0) is 38.1 Å². The van der Waals surface area contributed by atoms with Crippen molar-refractivity contribution < 1.29 is 4.74 Å². The fourth-order valence-corrected chi connectivity index (χ4v) is 2.55. The van der Waals surface area contributed by atoms with Crippen molar-refractivity contribution in [2.45, 2.75) is 31.7 Å². The standard InChI is InChI=1S/C11H22N2O/c12-11-2-1-5-13(9-11)8-10-3-6-14-7-4-10/h10-11H,1-9,12H2. The molecule has 0 aromatic rings. The average molecular weight is 198 g/mol. The van der Waals surface area contributed by atoms with Crippen molar-refractivity contribution in [2.75, 3.05) is 32.8 Å². The van der Waals surface area contributed by atoms with Crippen molar-refractivity contribution in [3.05, 3.63) is 0 Å². The molecule has 0 aromatic heterocycles. The Morgan fingerprint density at radius 3 is 2.71 bits per heavy atom. The molecule has 14 heavy (non-hydrogen) atoms. The fraction of sp³-hybridized carbons (Fsp3) is 1.00. The second-order valence-electron chi connectivity index (χ2n) is 4.72. The molecule has 0 aliphatic carbocycles. The normalized spacial score (nSPS) is 31.9. The first-order valence-corrected chi connectivity index (χ1v) is 5.90. The number of hydrogen-bond donors (Lipinski definition) is 1. The zero-order chi connectivity index (χ0) is 9.80. The maximum absolute atomic E-state index is 5.96. The number of nitrogens with two attached hydrogens (primary N) is 1. The monoisotopic (exact) mass is 198 g/mol. The molecule has 0 spiro atoms. The lowest BCUT2D eigenvalue weighted by Crippen LogP contribution is -2.45. The largest absolute Gasteiger partial charge is 0.381 e. The summed E-state index contributed by atoms with van der Waals surface area (Å²) in [6.45, 7) is 5.54. The maximum Gasteiger partial charge on any atom is 0.0469 e. The van der Waals surface area contributed by atoms with Crippen molar-refractivity contribution in [3.8, 4) is 0 Å². The third-order valence-electron chi connectivity index (χ3n) is 3.40. The Bertz CT molecular complexity index is 169. The Kier molecular flexibility index (Phi) is 3.79. The van der Waals surface area contributed by atoms with Crippen LogP contribution in [-0.2, 0) is 4.74 Å². The van der Waals surface area contributed by atoms with Crippen LogP contribution in [0.3, 0.4) is 0 Å². The highest BCUT2D eigenvalue weighted by Crippen LogP contribution is 2.18. The molecule has 2 N–H and O–H groups in total. The summed E-state index contributed by atoms with van der Waals surface area (Å²) in [5.74, 6) is 0.856. The molecule has 1 unspecified atom stereocenters. The first kappa shape index (κ1) is 10.4. The smallest absolute Gasteiger partial charge is 0.0469 e. The van der Waals surface area contributed by atoms with E-state index in [1.54, 1.807) is 0 Å². The molecular formula is C11H22N2O. The fourth-order valence-electron chi connectivity index (χ4n) is 2.55. The zero-order valence-electron chi connectivity index (χ0n) is 8.95. The van der Waals surface area contributed by atoms with Crippen LogP contribution in [0.4, 0.5) is 0 Å². The van der Waals surface area contributed by atoms with Crippen molar-refractivity contribution in [1.29, 1.82) is 0 Å². The van der Waals surface area contributed by atoms with Gasteiger partial charge in [-0.2, -0.15) is 0 Å². The second-order valence-corrected chi connectivity index (χ2v) is 4.72. The summed E-state index contributed by atoms with van der Waals surface area (Å²) in [4.78, 5) is 2.55. The van der Waals surface area contributed by atoms with Gasteiger partial charge in [0.05, 0.1) is 0 Å². The van der Waals surface area contributed by atoms with Crippen molar-refractivity contribution in [2.24, 2.45) is 11.7 Å². The number of piperidine rings is 1. The topological polar surface area (TPSA) is 38.5 Å². The van der Waals surface area contributed by atoms with Crippen LogP contribution in [0.25, 0.3) is 0 Å². The summed E-state index contributed by atoms with van der Waals surface area (Å²) in [6, 6.07) is 0.420. The summed E-state index contributed by atoms with van der Waals surface area (Å²) < 4.78 is 5.37. The molecule has 2 saturated heterocycles. The molecule has 0 amide bonds. The molecule has 0 aromatic carbocycles. The highest BCUT2D eigenvalue weighted by atomic mass is 16.5. The first-order valence-electron chi connectivity index (χ1n) is 5.90. The van der Waals surface area contributed by atoms with Gasteiger partial charge in [0, 0.05) is 32.3 Å². The van der Waals surface area contributed by atoms with Crippen molar-refractivity contribution in [3.63, 3.8) is 0 Å². The van der Waals surface area contributed by atoms with Crippen LogP contribution < -0.4 is 5.73 Å². The first-order chi connectivity index (χ1) is 6.84. The van der Waals surface area contributed by atoms with E-state index in [0.717, 1.165) is 25.7 Å². The van der Waals surface area contributed by atoms with Crippen molar-refractivity contribution >= 4 is 0 Å². The molecule has 3 nitrogen and oxygen atoms in total. The molecule has 2 rings (SSSR count). The van der Waals surface area contributed by atoms with E-state index in [-0.39, 0.29) is 0 Å². The van der Waals surface area contributed by atoms with Crippen LogP contribution in [-0.4, -0.2) is 43.8 Å². The van der Waals surface area contributed by atoms with E-state index in [0.29, 0.717) is 6.04 Å². The van der Waals surface area contributed by atoms with E-state index in [4.69, 9.17) is 10.5 Å². The van der Waals surface area contributed by atoms with Gasteiger partial charge in [0.15, 0.2) is 0 Å². The molecule has 2 heterocycles. The predicted octanol–water partition coefficient (Wildman–Crippen LogP) is 0.836. The minimum atomic E-state index is 0.420. The van der Waals surface area contributed by atoms with Gasteiger partial charge in [0.2, 0.25) is 0 Å². The van der Waals surface area contributed by atoms with Crippen LogP contribution >= 0.6 is 0 Å². The number of rotatable bonds is 2. The van der Waals surface area contributed by atoms with Gasteiger partial charge in [-0.15, -0.1) is 0 Å². The number of likely N-dealkylation sites (tertiary alicyclic amines) is 1. The molecule has 2 aliphatic rings. The van der Waals surface area contributed by atoms with E-state index in [2.05, 4.69) is 4.90 Å². The molecule has 2 fully saturated rings. The molecular weight excluding hydrogens is 176 g/mol. The number of nitrogens with zero attached hydrogens (tertiary/aromatic N) is 1. The maximum atomic E-state index is 5.96. The lowest BCUT2D eigenvalue weighted by Gasteiger charge is -2.34. The summed E-state index contributed by atoms with van der Waals surface area (Å²) in [7, 11) is 0. The van der Waals surface area contributed by atoms with Gasteiger partial charge in [-0.25, -0.2) is 0 Å². The minimum absolute atomic E-state index is 0.420. The van der Waals surface area contributed by atoms with Gasteiger partial charge in [0.25, 0.3) is 0 Å². The van der Waals surface area contributed by atoms with Crippen LogP contribution in [0.1, 0.15) is 25.7 Å². The van der Waals surface area contributed by atoms with E-state index < -0.39 is 0 Å². The van der Waals surface area contributed by atoms with E-state index >= 15 is 0 Å². The Morgan fingerprint density at radius 2 is 2.00 bits per heavy atom. The van der Waals surface area contributed by atoms with Gasteiger partial charge < -0.3 is 15.4 Å². The van der Waals surface area contributed by atoms with Gasteiger partial charge in [0.1, 0.15) is 0 Å². The Hall–Kier alpha value is -0.120. The third-order valence-corrected chi connectivity index (χ3v) is 3.40. The quantitative estimate of drug-likeness (QED) is 0.714. The van der Waals surface area contributed by atoms with E-state index in [1.165, 1.54) is 38.8 Å². The molecule has 3 heteroatoms. The summed E-state index contributed by atoms with van der Waals surface area (Å²) in [6.07, 6.45) is 4.98. The highest BCUT2D eigenvalue weighted by Gasteiger charge is 2.21. The van der Waals surface area contributed by atoms with Gasteiger partial charge in [-0.1, -0.05) is 0 Å². The highest BCUT2D eigenvalue weighted by molar-refractivity contribution is 4.77. The van der Waals surface area contributed by atoms with Crippen molar-refractivity contribution in [1.82, 2.24) is 4.90 Å². The SMILES string of the molecule is NC1CCCN(CC2CCOCC2)C1. The second kappa shape index (κ2) is 5.10. The van der Waals surface area contributed by atoms with Gasteiger partial charge >= 0.3 is 0 Å². The molecule has 1 atom stereocenters. The number of hydrogen-bond acceptors (Lipinski definition) is 3. The molecule has 2 aliphatic heterocycles. The minimum Gasteiger partial charge on any atom is -0.381 e. The Balaban J connectivity index is 1.72. The van der Waals surface area contributed by atoms with Gasteiger partial charge in [-0.3, -0.25) is 0 Å². The molecule has 0 radical (unpaired) electrons. The molecule has 82 valence electrons. The molecule has 0 saturated carbocycles. The summed E-state index contributed by atoms with van der Waals surface area (Å²) in [5, 5.41) is 0. The lowest BCUT2D eigenvalue weighted by molar-refractivity contribution is 0.0485. The zero-order valence-corrected chi connectivity index (χ0v) is 8.95. The average Bonchev–Trinajstić information content (AvgIpc) is 2.19. The summed E-state index contributed by atoms with van der Waals surface area (Å²) >= 11 is 0. The van der Waals surface area contributed by atoms with Crippen LogP contribution in [0.15, 0.2) is 0 Å². The van der Waals surface area contributed by atoms with Crippen LogP contribution in [0.2, 0.25) is 0 Å². The Labute approximate surface area is 86.6 Å². The summed E-state index contributed by atoms with van der Waals surface area (Å²) in [5.41, 5.74) is 5.96. The molecule has 0 bridgehead atoms. The van der Waals surface area contributed by atoms with Crippen LogP contribution in [0.5, 0.6) is 0 Å². The van der Waals surface area contributed by atoms with E-state index in [1.807, 2.05) is 0 Å². The number of ether oxygens (including phenoxy) is 1. The van der Waals surface area contributed by atoms with Crippen LogP contribution in [0, 0.1) is 5.92 Å². The lowest BCUT2D eigenvalue weighted by atomic mass is 9.98.